The minimum absolute atomic E-state index is 0.309. The quantitative estimate of drug-likeness (QED) is 0.545. The van der Waals surface area contributed by atoms with Crippen LogP contribution in [0.2, 0.25) is 10.0 Å². The van der Waals surface area contributed by atoms with Crippen molar-refractivity contribution in [2.24, 2.45) is 0 Å². The monoisotopic (exact) mass is 423 g/mol. The standard InChI is InChI=1S/C18H12BrCl2NO2/c1-24-17-15(6-10-4-2-3-5-14(10)16(17)19)18(23)22-13-8-11(20)7-12(21)9-13/h2-9H,1H3,(H,22,23). The molecule has 3 aromatic carbocycles. The summed E-state index contributed by atoms with van der Waals surface area (Å²) in [4.78, 5) is 12.7. The Balaban J connectivity index is 2.06. The fourth-order valence-corrected chi connectivity index (χ4v) is 3.74. The molecular weight excluding hydrogens is 413 g/mol. The van der Waals surface area contributed by atoms with Crippen molar-refractivity contribution >= 4 is 61.5 Å². The van der Waals surface area contributed by atoms with Gasteiger partial charge in [-0.15, -0.1) is 0 Å². The van der Waals surface area contributed by atoms with Crippen molar-refractivity contribution in [3.63, 3.8) is 0 Å². The number of hydrogen-bond acceptors (Lipinski definition) is 2. The van der Waals surface area contributed by atoms with E-state index in [4.69, 9.17) is 27.9 Å². The molecule has 0 unspecified atom stereocenters. The Labute approximate surface area is 157 Å². The van der Waals surface area contributed by atoms with Gasteiger partial charge in [-0.2, -0.15) is 0 Å². The molecule has 3 aromatic rings. The van der Waals surface area contributed by atoms with Gasteiger partial charge < -0.3 is 10.1 Å². The molecule has 3 rings (SSSR count). The molecule has 0 saturated carbocycles. The molecule has 0 bridgehead atoms. The molecule has 3 nitrogen and oxygen atoms in total. The summed E-state index contributed by atoms with van der Waals surface area (Å²) in [6, 6.07) is 14.4. The first-order chi connectivity index (χ1) is 11.5. The van der Waals surface area contributed by atoms with Gasteiger partial charge in [0.2, 0.25) is 0 Å². The number of ether oxygens (including phenoxy) is 1. The highest BCUT2D eigenvalue weighted by Gasteiger charge is 2.18. The lowest BCUT2D eigenvalue weighted by Crippen LogP contribution is -2.13. The van der Waals surface area contributed by atoms with Gasteiger partial charge in [0, 0.05) is 15.7 Å². The summed E-state index contributed by atoms with van der Waals surface area (Å²) in [5, 5.41) is 5.59. The summed E-state index contributed by atoms with van der Waals surface area (Å²) in [6.07, 6.45) is 0. The van der Waals surface area contributed by atoms with Crippen LogP contribution in [-0.4, -0.2) is 13.0 Å². The number of nitrogens with one attached hydrogen (secondary N) is 1. The maximum Gasteiger partial charge on any atom is 0.259 e. The van der Waals surface area contributed by atoms with Crippen molar-refractivity contribution in [3.05, 3.63) is 68.6 Å². The zero-order chi connectivity index (χ0) is 17.3. The van der Waals surface area contributed by atoms with Gasteiger partial charge in [0.15, 0.2) is 0 Å². The molecule has 0 spiro atoms. The van der Waals surface area contributed by atoms with Crippen LogP contribution in [0, 0.1) is 0 Å². The van der Waals surface area contributed by atoms with E-state index in [1.54, 1.807) is 24.3 Å². The summed E-state index contributed by atoms with van der Waals surface area (Å²) in [7, 11) is 1.53. The van der Waals surface area contributed by atoms with E-state index in [9.17, 15) is 4.79 Å². The molecule has 24 heavy (non-hydrogen) atoms. The Hall–Kier alpha value is -1.75. The van der Waals surface area contributed by atoms with Crippen LogP contribution in [0.3, 0.4) is 0 Å². The molecule has 0 atom stereocenters. The summed E-state index contributed by atoms with van der Waals surface area (Å²) >= 11 is 15.5. The highest BCUT2D eigenvalue weighted by molar-refractivity contribution is 9.10. The van der Waals surface area contributed by atoms with Gasteiger partial charge in [0.25, 0.3) is 5.91 Å². The van der Waals surface area contributed by atoms with Crippen LogP contribution in [-0.2, 0) is 0 Å². The van der Waals surface area contributed by atoms with E-state index < -0.39 is 0 Å². The van der Waals surface area contributed by atoms with E-state index in [0.717, 1.165) is 15.2 Å². The third kappa shape index (κ3) is 3.36. The molecule has 6 heteroatoms. The van der Waals surface area contributed by atoms with Crippen molar-refractivity contribution in [2.75, 3.05) is 12.4 Å². The molecule has 122 valence electrons. The number of carbonyl (C=O) groups excluding carboxylic acids is 1. The summed E-state index contributed by atoms with van der Waals surface area (Å²) in [5.74, 6) is 0.163. The van der Waals surface area contributed by atoms with E-state index >= 15 is 0 Å². The number of rotatable bonds is 3. The molecule has 0 heterocycles. The fraction of sp³-hybridized carbons (Fsp3) is 0.0556. The van der Waals surface area contributed by atoms with Crippen LogP contribution in [0.5, 0.6) is 5.75 Å². The topological polar surface area (TPSA) is 38.3 Å². The molecule has 0 aliphatic carbocycles. The van der Waals surface area contributed by atoms with Crippen LogP contribution in [0.1, 0.15) is 10.4 Å². The van der Waals surface area contributed by atoms with Crippen LogP contribution in [0.15, 0.2) is 53.0 Å². The Morgan fingerprint density at radius 2 is 1.75 bits per heavy atom. The highest BCUT2D eigenvalue weighted by Crippen LogP contribution is 2.37. The van der Waals surface area contributed by atoms with Crippen molar-refractivity contribution < 1.29 is 9.53 Å². The van der Waals surface area contributed by atoms with Crippen LogP contribution in [0.4, 0.5) is 5.69 Å². The van der Waals surface area contributed by atoms with Gasteiger partial charge in [0.1, 0.15) is 5.75 Å². The number of carbonyl (C=O) groups is 1. The predicted octanol–water partition coefficient (Wildman–Crippen LogP) is 6.17. The van der Waals surface area contributed by atoms with E-state index in [2.05, 4.69) is 21.2 Å². The average Bonchev–Trinajstić information content (AvgIpc) is 2.53. The minimum atomic E-state index is -0.309. The largest absolute Gasteiger partial charge is 0.495 e. The van der Waals surface area contributed by atoms with Gasteiger partial charge in [0.05, 0.1) is 17.1 Å². The van der Waals surface area contributed by atoms with Gasteiger partial charge in [-0.05, 0) is 51.0 Å². The molecular formula is C18H12BrCl2NO2. The van der Waals surface area contributed by atoms with Crippen molar-refractivity contribution in [1.82, 2.24) is 0 Å². The van der Waals surface area contributed by atoms with Gasteiger partial charge in [-0.25, -0.2) is 0 Å². The lowest BCUT2D eigenvalue weighted by Gasteiger charge is -2.14. The first-order valence-electron chi connectivity index (χ1n) is 7.02. The van der Waals surface area contributed by atoms with Gasteiger partial charge >= 0.3 is 0 Å². The SMILES string of the molecule is COc1c(C(=O)Nc2cc(Cl)cc(Cl)c2)cc2ccccc2c1Br. The lowest BCUT2D eigenvalue weighted by molar-refractivity contribution is 0.102. The van der Waals surface area contributed by atoms with Crippen molar-refractivity contribution in [1.29, 1.82) is 0 Å². The number of fused-ring (bicyclic) bond motifs is 1. The molecule has 0 aromatic heterocycles. The normalized spacial score (nSPS) is 10.7. The van der Waals surface area contributed by atoms with Crippen molar-refractivity contribution in [3.8, 4) is 5.75 Å². The van der Waals surface area contributed by atoms with E-state index in [0.29, 0.717) is 27.0 Å². The second-order valence-electron chi connectivity index (χ2n) is 5.10. The number of hydrogen-bond donors (Lipinski definition) is 1. The maximum absolute atomic E-state index is 12.7. The predicted molar refractivity (Wildman–Crippen MR) is 103 cm³/mol. The van der Waals surface area contributed by atoms with Crippen LogP contribution < -0.4 is 10.1 Å². The Kier molecular flexibility index (Phi) is 4.99. The van der Waals surface area contributed by atoms with Crippen molar-refractivity contribution in [2.45, 2.75) is 0 Å². The first-order valence-corrected chi connectivity index (χ1v) is 8.57. The van der Waals surface area contributed by atoms with Crippen LogP contribution in [0.25, 0.3) is 10.8 Å². The Bertz CT molecular complexity index is 923. The van der Waals surface area contributed by atoms with E-state index in [1.807, 2.05) is 24.3 Å². The van der Waals surface area contributed by atoms with E-state index in [1.165, 1.54) is 7.11 Å². The first kappa shape index (κ1) is 17.1. The zero-order valence-electron chi connectivity index (χ0n) is 12.6. The summed E-state index contributed by atoms with van der Waals surface area (Å²) in [6.45, 7) is 0. The molecule has 0 fully saturated rings. The molecule has 0 aliphatic rings. The third-order valence-corrected chi connectivity index (χ3v) is 4.73. The molecule has 0 saturated heterocycles. The average molecular weight is 425 g/mol. The summed E-state index contributed by atoms with van der Waals surface area (Å²) < 4.78 is 6.16. The number of anilines is 1. The summed E-state index contributed by atoms with van der Waals surface area (Å²) in [5.41, 5.74) is 0.933. The number of halogens is 3. The molecule has 0 radical (unpaired) electrons. The smallest absolute Gasteiger partial charge is 0.259 e. The van der Waals surface area contributed by atoms with E-state index in [-0.39, 0.29) is 5.91 Å². The van der Waals surface area contributed by atoms with Gasteiger partial charge in [-0.3, -0.25) is 4.79 Å². The number of methoxy groups -OCH3 is 1. The Morgan fingerprint density at radius 3 is 2.42 bits per heavy atom. The Morgan fingerprint density at radius 1 is 1.08 bits per heavy atom. The molecule has 1 N–H and O–H groups in total. The molecule has 0 aliphatic heterocycles. The lowest BCUT2D eigenvalue weighted by atomic mass is 10.1. The number of amides is 1. The van der Waals surface area contributed by atoms with Crippen LogP contribution >= 0.6 is 39.1 Å². The van der Waals surface area contributed by atoms with Gasteiger partial charge in [-0.1, -0.05) is 47.5 Å². The maximum atomic E-state index is 12.7. The minimum Gasteiger partial charge on any atom is -0.495 e. The second kappa shape index (κ2) is 7.01. The fourth-order valence-electron chi connectivity index (χ4n) is 2.48. The number of benzene rings is 3. The highest BCUT2D eigenvalue weighted by atomic mass is 79.9. The zero-order valence-corrected chi connectivity index (χ0v) is 15.7. The third-order valence-electron chi connectivity index (χ3n) is 3.51. The molecule has 1 amide bonds. The second-order valence-corrected chi connectivity index (χ2v) is 6.77.